The Balaban J connectivity index is 2.08. The molecule has 0 spiro atoms. The number of hydrogen-bond acceptors (Lipinski definition) is 4. The molecular weight excluding hydrogens is 304 g/mol. The topological polar surface area (TPSA) is 59.9 Å². The minimum absolute atomic E-state index is 0.341. The van der Waals surface area contributed by atoms with Crippen LogP contribution in [0.15, 0.2) is 47.6 Å². The summed E-state index contributed by atoms with van der Waals surface area (Å²) in [4.78, 5) is 11.9. The van der Waals surface area contributed by atoms with Crippen LogP contribution >= 0.6 is 11.6 Å². The van der Waals surface area contributed by atoms with E-state index in [4.69, 9.17) is 21.1 Å². The Bertz CT molecular complexity index is 702. The molecule has 2 rings (SSSR count). The smallest absolute Gasteiger partial charge is 0.271 e. The van der Waals surface area contributed by atoms with Gasteiger partial charge in [0.2, 0.25) is 0 Å². The first-order chi connectivity index (χ1) is 10.6. The highest BCUT2D eigenvalue weighted by molar-refractivity contribution is 6.30. The van der Waals surface area contributed by atoms with Crippen LogP contribution in [0.3, 0.4) is 0 Å². The average Bonchev–Trinajstić information content (AvgIpc) is 2.54. The van der Waals surface area contributed by atoms with Gasteiger partial charge in [0.15, 0.2) is 0 Å². The molecular formula is C16H15ClN2O3. The molecule has 6 heteroatoms. The van der Waals surface area contributed by atoms with Crippen LogP contribution in [0, 0.1) is 0 Å². The van der Waals surface area contributed by atoms with Crippen molar-refractivity contribution in [1.82, 2.24) is 5.43 Å². The molecule has 0 aromatic heterocycles. The summed E-state index contributed by atoms with van der Waals surface area (Å²) >= 11 is 5.84. The maximum atomic E-state index is 11.9. The van der Waals surface area contributed by atoms with Crippen molar-refractivity contribution in [3.63, 3.8) is 0 Å². The Morgan fingerprint density at radius 3 is 2.68 bits per heavy atom. The summed E-state index contributed by atoms with van der Waals surface area (Å²) in [5.41, 5.74) is 3.59. The van der Waals surface area contributed by atoms with Gasteiger partial charge in [0.25, 0.3) is 5.91 Å². The predicted molar refractivity (Wildman–Crippen MR) is 86.1 cm³/mol. The van der Waals surface area contributed by atoms with Crippen LogP contribution in [-0.2, 0) is 0 Å². The van der Waals surface area contributed by atoms with Crippen LogP contribution in [0.5, 0.6) is 11.5 Å². The SMILES string of the molecule is COc1ccc(C=NNC(=O)c2cccc(Cl)c2)c(OC)c1. The van der Waals surface area contributed by atoms with E-state index in [1.54, 1.807) is 56.7 Å². The van der Waals surface area contributed by atoms with E-state index >= 15 is 0 Å². The summed E-state index contributed by atoms with van der Waals surface area (Å²) in [5.74, 6) is 0.934. The predicted octanol–water partition coefficient (Wildman–Crippen LogP) is 3.12. The Morgan fingerprint density at radius 1 is 1.18 bits per heavy atom. The lowest BCUT2D eigenvalue weighted by atomic mass is 10.2. The molecule has 0 aliphatic heterocycles. The number of hydrazone groups is 1. The van der Waals surface area contributed by atoms with Crippen molar-refractivity contribution in [2.45, 2.75) is 0 Å². The normalized spacial score (nSPS) is 10.5. The van der Waals surface area contributed by atoms with Gasteiger partial charge in [-0.15, -0.1) is 0 Å². The Morgan fingerprint density at radius 2 is 2.00 bits per heavy atom. The fourth-order valence-corrected chi connectivity index (χ4v) is 1.97. The molecule has 2 aromatic rings. The fourth-order valence-electron chi connectivity index (χ4n) is 1.78. The molecule has 5 nitrogen and oxygen atoms in total. The van der Waals surface area contributed by atoms with Crippen LogP contribution in [0.25, 0.3) is 0 Å². The number of amides is 1. The van der Waals surface area contributed by atoms with Crippen LogP contribution in [0.1, 0.15) is 15.9 Å². The molecule has 0 bridgehead atoms. The minimum atomic E-state index is -0.341. The highest BCUT2D eigenvalue weighted by Gasteiger charge is 2.05. The van der Waals surface area contributed by atoms with E-state index < -0.39 is 0 Å². The second-order valence-electron chi connectivity index (χ2n) is 4.32. The summed E-state index contributed by atoms with van der Waals surface area (Å²) in [6.45, 7) is 0. The highest BCUT2D eigenvalue weighted by Crippen LogP contribution is 2.23. The van der Waals surface area contributed by atoms with Crippen molar-refractivity contribution in [3.8, 4) is 11.5 Å². The van der Waals surface area contributed by atoms with E-state index in [9.17, 15) is 4.79 Å². The molecule has 0 heterocycles. The molecule has 0 saturated carbocycles. The third kappa shape index (κ3) is 3.99. The molecule has 0 radical (unpaired) electrons. The zero-order chi connectivity index (χ0) is 15.9. The summed E-state index contributed by atoms with van der Waals surface area (Å²) in [7, 11) is 3.13. The van der Waals surface area contributed by atoms with Crippen molar-refractivity contribution in [2.24, 2.45) is 5.10 Å². The molecule has 1 N–H and O–H groups in total. The van der Waals surface area contributed by atoms with Crippen molar-refractivity contribution in [3.05, 3.63) is 58.6 Å². The number of hydrogen-bond donors (Lipinski definition) is 1. The third-order valence-corrected chi connectivity index (χ3v) is 3.13. The number of carbonyl (C=O) groups is 1. The van der Waals surface area contributed by atoms with Gasteiger partial charge in [0.05, 0.1) is 20.4 Å². The standard InChI is InChI=1S/C16H15ClN2O3/c1-21-14-7-6-12(15(9-14)22-2)10-18-19-16(20)11-4-3-5-13(17)8-11/h3-10H,1-2H3,(H,19,20). The number of methoxy groups -OCH3 is 2. The Labute approximate surface area is 133 Å². The molecule has 2 aromatic carbocycles. The van der Waals surface area contributed by atoms with Gasteiger partial charge >= 0.3 is 0 Å². The number of benzene rings is 2. The van der Waals surface area contributed by atoms with Gasteiger partial charge in [0.1, 0.15) is 11.5 Å². The zero-order valence-electron chi connectivity index (χ0n) is 12.2. The van der Waals surface area contributed by atoms with Gasteiger partial charge in [-0.2, -0.15) is 5.10 Å². The first-order valence-electron chi connectivity index (χ1n) is 6.45. The van der Waals surface area contributed by atoms with Crippen molar-refractivity contribution < 1.29 is 14.3 Å². The lowest BCUT2D eigenvalue weighted by molar-refractivity contribution is 0.0955. The third-order valence-electron chi connectivity index (χ3n) is 2.90. The molecule has 0 aliphatic carbocycles. The first kappa shape index (κ1) is 15.9. The Kier molecular flexibility index (Phi) is 5.38. The summed E-state index contributed by atoms with van der Waals surface area (Å²) < 4.78 is 10.4. The van der Waals surface area contributed by atoms with Crippen LogP contribution in [0.2, 0.25) is 5.02 Å². The molecule has 0 unspecified atom stereocenters. The second-order valence-corrected chi connectivity index (χ2v) is 4.75. The number of carbonyl (C=O) groups excluding carboxylic acids is 1. The van der Waals surface area contributed by atoms with Gasteiger partial charge in [-0.3, -0.25) is 4.79 Å². The largest absolute Gasteiger partial charge is 0.497 e. The number of nitrogens with one attached hydrogen (secondary N) is 1. The number of rotatable bonds is 5. The van der Waals surface area contributed by atoms with Crippen LogP contribution in [0.4, 0.5) is 0 Å². The van der Waals surface area contributed by atoms with Crippen LogP contribution in [-0.4, -0.2) is 26.3 Å². The van der Waals surface area contributed by atoms with E-state index in [-0.39, 0.29) is 5.91 Å². The van der Waals surface area contributed by atoms with E-state index in [2.05, 4.69) is 10.5 Å². The lowest BCUT2D eigenvalue weighted by Gasteiger charge is -2.07. The van der Waals surface area contributed by atoms with Gasteiger partial charge in [-0.25, -0.2) is 5.43 Å². The zero-order valence-corrected chi connectivity index (χ0v) is 12.9. The summed E-state index contributed by atoms with van der Waals surface area (Å²) in [5, 5.41) is 4.42. The second kappa shape index (κ2) is 7.47. The molecule has 114 valence electrons. The van der Waals surface area contributed by atoms with E-state index in [1.807, 2.05) is 0 Å². The van der Waals surface area contributed by atoms with Crippen molar-refractivity contribution in [2.75, 3.05) is 14.2 Å². The number of halogens is 1. The highest BCUT2D eigenvalue weighted by atomic mass is 35.5. The van der Waals surface area contributed by atoms with Gasteiger partial charge in [0, 0.05) is 22.2 Å². The average molecular weight is 319 g/mol. The molecule has 1 amide bonds. The van der Waals surface area contributed by atoms with E-state index in [0.717, 1.165) is 5.56 Å². The number of nitrogens with zero attached hydrogens (tertiary/aromatic N) is 1. The molecule has 22 heavy (non-hydrogen) atoms. The lowest BCUT2D eigenvalue weighted by Crippen LogP contribution is -2.17. The summed E-state index contributed by atoms with van der Waals surface area (Å²) in [6.07, 6.45) is 1.50. The first-order valence-corrected chi connectivity index (χ1v) is 6.83. The quantitative estimate of drug-likeness (QED) is 0.680. The van der Waals surface area contributed by atoms with Gasteiger partial charge in [-0.05, 0) is 30.3 Å². The Hall–Kier alpha value is -2.53. The van der Waals surface area contributed by atoms with E-state index in [1.165, 1.54) is 6.21 Å². The van der Waals surface area contributed by atoms with E-state index in [0.29, 0.717) is 22.1 Å². The number of ether oxygens (including phenoxy) is 2. The molecule has 0 atom stereocenters. The molecule has 0 aliphatic rings. The summed E-state index contributed by atoms with van der Waals surface area (Å²) in [6, 6.07) is 11.9. The minimum Gasteiger partial charge on any atom is -0.497 e. The van der Waals surface area contributed by atoms with Crippen molar-refractivity contribution >= 4 is 23.7 Å². The maximum absolute atomic E-state index is 11.9. The van der Waals surface area contributed by atoms with Gasteiger partial charge < -0.3 is 9.47 Å². The van der Waals surface area contributed by atoms with Crippen LogP contribution < -0.4 is 14.9 Å². The molecule has 0 saturated heterocycles. The molecule has 0 fully saturated rings. The van der Waals surface area contributed by atoms with Crippen molar-refractivity contribution in [1.29, 1.82) is 0 Å². The monoisotopic (exact) mass is 318 g/mol. The van der Waals surface area contributed by atoms with Gasteiger partial charge in [-0.1, -0.05) is 17.7 Å². The fraction of sp³-hybridized carbons (Fsp3) is 0.125. The maximum Gasteiger partial charge on any atom is 0.271 e.